The van der Waals surface area contributed by atoms with Crippen LogP contribution in [0.2, 0.25) is 0 Å². The number of thiophene rings is 1. The number of carbonyl (C=O) groups excluding carboxylic acids is 1. The Morgan fingerprint density at radius 2 is 2.19 bits per heavy atom. The molecule has 108 valence electrons. The van der Waals surface area contributed by atoms with Crippen molar-refractivity contribution >= 4 is 28.1 Å². The van der Waals surface area contributed by atoms with E-state index in [4.69, 9.17) is 0 Å². The van der Waals surface area contributed by atoms with Crippen molar-refractivity contribution in [2.24, 2.45) is 0 Å². The van der Waals surface area contributed by atoms with Gasteiger partial charge >= 0.3 is 0 Å². The van der Waals surface area contributed by atoms with E-state index in [1.165, 1.54) is 11.3 Å². The first-order chi connectivity index (χ1) is 10.1. The van der Waals surface area contributed by atoms with E-state index in [0.717, 1.165) is 15.8 Å². The first kappa shape index (κ1) is 13.9. The molecule has 0 aliphatic rings. The van der Waals surface area contributed by atoms with Crippen LogP contribution in [0.1, 0.15) is 22.2 Å². The van der Waals surface area contributed by atoms with Gasteiger partial charge in [0.2, 0.25) is 0 Å². The van der Waals surface area contributed by atoms with Gasteiger partial charge in [-0.15, -0.1) is 11.3 Å². The van der Waals surface area contributed by atoms with Crippen molar-refractivity contribution in [1.82, 2.24) is 10.3 Å². The van der Waals surface area contributed by atoms with Crippen LogP contribution in [0.15, 0.2) is 48.0 Å². The number of carbonyl (C=O) groups is 1. The maximum absolute atomic E-state index is 12.3. The van der Waals surface area contributed by atoms with Crippen molar-refractivity contribution in [3.05, 3.63) is 58.4 Å². The summed E-state index contributed by atoms with van der Waals surface area (Å²) in [6, 6.07) is 11.2. The maximum Gasteiger partial charge on any atom is 0.252 e. The van der Waals surface area contributed by atoms with E-state index in [-0.39, 0.29) is 12.5 Å². The zero-order valence-electron chi connectivity index (χ0n) is 11.6. The summed E-state index contributed by atoms with van der Waals surface area (Å²) in [6.07, 6.45) is 1.81. The van der Waals surface area contributed by atoms with Gasteiger partial charge in [-0.2, -0.15) is 0 Å². The van der Waals surface area contributed by atoms with Crippen molar-refractivity contribution in [3.63, 3.8) is 0 Å². The fourth-order valence-electron chi connectivity index (χ4n) is 2.30. The molecule has 1 unspecified atom stereocenters. The molecule has 4 nitrogen and oxygen atoms in total. The molecular formula is C16H16N2O2S. The normalized spacial score (nSPS) is 14.0. The van der Waals surface area contributed by atoms with Crippen LogP contribution >= 0.6 is 11.3 Å². The van der Waals surface area contributed by atoms with Gasteiger partial charge in [0.1, 0.15) is 5.60 Å². The number of benzene rings is 1. The third kappa shape index (κ3) is 2.70. The summed E-state index contributed by atoms with van der Waals surface area (Å²) < 4.78 is 0. The summed E-state index contributed by atoms with van der Waals surface area (Å²) >= 11 is 1.47. The number of hydrogen-bond acceptors (Lipinski definition) is 3. The van der Waals surface area contributed by atoms with Crippen molar-refractivity contribution in [2.75, 3.05) is 6.54 Å². The number of aliphatic hydroxyl groups is 1. The minimum atomic E-state index is -1.06. The summed E-state index contributed by atoms with van der Waals surface area (Å²) in [7, 11) is 0. The Bertz CT molecular complexity index is 760. The minimum Gasteiger partial charge on any atom is -0.383 e. The lowest BCUT2D eigenvalue weighted by atomic mass is 10.0. The highest BCUT2D eigenvalue weighted by atomic mass is 32.1. The molecule has 0 saturated carbocycles. The Morgan fingerprint density at radius 3 is 2.95 bits per heavy atom. The van der Waals surface area contributed by atoms with E-state index in [1.807, 2.05) is 41.9 Å². The first-order valence-corrected chi connectivity index (χ1v) is 7.56. The summed E-state index contributed by atoms with van der Waals surface area (Å²) in [5, 5.41) is 16.0. The molecule has 3 N–H and O–H groups in total. The molecule has 0 spiro atoms. The molecule has 1 amide bonds. The highest BCUT2D eigenvalue weighted by molar-refractivity contribution is 7.10. The minimum absolute atomic E-state index is 0.174. The SMILES string of the molecule is CC(O)(CNC(=O)c1cccc2[nH]ccc12)c1cccs1. The zero-order valence-corrected chi connectivity index (χ0v) is 12.4. The molecular weight excluding hydrogens is 284 g/mol. The fraction of sp³-hybridized carbons (Fsp3) is 0.188. The molecule has 0 aliphatic heterocycles. The predicted molar refractivity (Wildman–Crippen MR) is 84.5 cm³/mol. The fourth-order valence-corrected chi connectivity index (χ4v) is 3.09. The molecule has 1 atom stereocenters. The van der Waals surface area contributed by atoms with Gasteiger partial charge in [0.25, 0.3) is 5.91 Å². The number of H-pyrrole nitrogens is 1. The molecule has 0 bridgehead atoms. The Morgan fingerprint density at radius 1 is 1.33 bits per heavy atom. The number of hydrogen-bond donors (Lipinski definition) is 3. The molecule has 0 radical (unpaired) electrons. The van der Waals surface area contributed by atoms with Crippen molar-refractivity contribution in [2.45, 2.75) is 12.5 Å². The van der Waals surface area contributed by atoms with Crippen LogP contribution in [-0.4, -0.2) is 22.5 Å². The third-order valence-electron chi connectivity index (χ3n) is 3.48. The molecule has 3 rings (SSSR count). The van der Waals surface area contributed by atoms with Crippen LogP contribution in [0.5, 0.6) is 0 Å². The quantitative estimate of drug-likeness (QED) is 0.693. The van der Waals surface area contributed by atoms with Crippen molar-refractivity contribution in [1.29, 1.82) is 0 Å². The molecule has 3 aromatic rings. The lowest BCUT2D eigenvalue weighted by Crippen LogP contribution is -2.38. The summed E-state index contributed by atoms with van der Waals surface area (Å²) in [4.78, 5) is 16.3. The molecule has 0 saturated heterocycles. The number of aromatic nitrogens is 1. The lowest BCUT2D eigenvalue weighted by Gasteiger charge is -2.22. The van der Waals surface area contributed by atoms with E-state index in [2.05, 4.69) is 10.3 Å². The second-order valence-electron chi connectivity index (χ2n) is 5.18. The van der Waals surface area contributed by atoms with E-state index in [0.29, 0.717) is 5.56 Å². The van der Waals surface area contributed by atoms with E-state index >= 15 is 0 Å². The van der Waals surface area contributed by atoms with Gasteiger partial charge < -0.3 is 15.4 Å². The lowest BCUT2D eigenvalue weighted by molar-refractivity contribution is 0.0557. The smallest absolute Gasteiger partial charge is 0.252 e. The monoisotopic (exact) mass is 300 g/mol. The maximum atomic E-state index is 12.3. The number of fused-ring (bicyclic) bond motifs is 1. The average Bonchev–Trinajstić information content (AvgIpc) is 3.14. The number of aromatic amines is 1. The van der Waals surface area contributed by atoms with Gasteiger partial charge in [-0.05, 0) is 36.6 Å². The molecule has 0 aliphatic carbocycles. The molecule has 1 aromatic carbocycles. The second kappa shape index (κ2) is 5.35. The van der Waals surface area contributed by atoms with E-state index < -0.39 is 5.60 Å². The Kier molecular flexibility index (Phi) is 3.53. The number of rotatable bonds is 4. The molecule has 2 heterocycles. The Balaban J connectivity index is 1.77. The predicted octanol–water partition coefficient (Wildman–Crippen LogP) is 2.87. The topological polar surface area (TPSA) is 65.1 Å². The summed E-state index contributed by atoms with van der Waals surface area (Å²) in [5.41, 5.74) is 0.471. The molecule has 5 heteroatoms. The van der Waals surface area contributed by atoms with Gasteiger partial charge in [-0.1, -0.05) is 12.1 Å². The highest BCUT2D eigenvalue weighted by Crippen LogP contribution is 2.24. The average molecular weight is 300 g/mol. The largest absolute Gasteiger partial charge is 0.383 e. The van der Waals surface area contributed by atoms with Gasteiger partial charge in [0.05, 0.1) is 6.54 Å². The number of amides is 1. The summed E-state index contributed by atoms with van der Waals surface area (Å²) in [6.45, 7) is 1.88. The Hall–Kier alpha value is -2.11. The van der Waals surface area contributed by atoms with Crippen LogP contribution in [0, 0.1) is 0 Å². The van der Waals surface area contributed by atoms with Crippen LogP contribution in [0.3, 0.4) is 0 Å². The number of nitrogens with one attached hydrogen (secondary N) is 2. The van der Waals surface area contributed by atoms with E-state index in [1.54, 1.807) is 13.0 Å². The zero-order chi connectivity index (χ0) is 14.9. The van der Waals surface area contributed by atoms with Gasteiger partial charge in [0.15, 0.2) is 0 Å². The molecule has 0 fully saturated rings. The van der Waals surface area contributed by atoms with Gasteiger partial charge in [-0.3, -0.25) is 4.79 Å². The molecule has 2 aromatic heterocycles. The highest BCUT2D eigenvalue weighted by Gasteiger charge is 2.25. The van der Waals surface area contributed by atoms with Crippen LogP contribution in [-0.2, 0) is 5.60 Å². The second-order valence-corrected chi connectivity index (χ2v) is 6.13. The van der Waals surface area contributed by atoms with Gasteiger partial charge in [-0.25, -0.2) is 0 Å². The standard InChI is InChI=1S/C16H16N2O2S/c1-16(20,14-6-3-9-21-14)10-18-15(19)12-4-2-5-13-11(12)7-8-17-13/h2-9,17,20H,10H2,1H3,(H,18,19). The first-order valence-electron chi connectivity index (χ1n) is 6.68. The van der Waals surface area contributed by atoms with Crippen molar-refractivity contribution < 1.29 is 9.90 Å². The third-order valence-corrected chi connectivity index (χ3v) is 4.61. The van der Waals surface area contributed by atoms with E-state index in [9.17, 15) is 9.90 Å². The molecule has 21 heavy (non-hydrogen) atoms. The van der Waals surface area contributed by atoms with Crippen LogP contribution < -0.4 is 5.32 Å². The van der Waals surface area contributed by atoms with Crippen molar-refractivity contribution in [3.8, 4) is 0 Å². The van der Waals surface area contributed by atoms with Gasteiger partial charge in [0, 0.05) is 27.5 Å². The Labute approximate surface area is 126 Å². The van der Waals surface area contributed by atoms with Crippen LogP contribution in [0.4, 0.5) is 0 Å². The van der Waals surface area contributed by atoms with Crippen LogP contribution in [0.25, 0.3) is 10.9 Å². The summed E-state index contributed by atoms with van der Waals surface area (Å²) in [5.74, 6) is -0.183.